The summed E-state index contributed by atoms with van der Waals surface area (Å²) in [7, 11) is 1.71. The Balaban J connectivity index is 0.00000312. The van der Waals surface area contributed by atoms with E-state index in [9.17, 15) is 4.79 Å². The van der Waals surface area contributed by atoms with E-state index in [1.807, 2.05) is 13.8 Å². The Morgan fingerprint density at radius 2 is 1.88 bits per heavy atom. The van der Waals surface area contributed by atoms with E-state index in [1.165, 1.54) is 25.7 Å². The first kappa shape index (κ1) is 21.7. The lowest BCUT2D eigenvalue weighted by Gasteiger charge is -2.12. The number of guanidine groups is 1. The number of hydrogen-bond donors (Lipinski definition) is 3. The van der Waals surface area contributed by atoms with E-state index in [4.69, 9.17) is 4.42 Å². The molecule has 0 unspecified atom stereocenters. The van der Waals surface area contributed by atoms with E-state index in [2.05, 4.69) is 25.9 Å². The van der Waals surface area contributed by atoms with Crippen LogP contribution in [0.4, 0.5) is 0 Å². The minimum atomic E-state index is 0. The highest BCUT2D eigenvalue weighted by Gasteiger charge is 2.17. The van der Waals surface area contributed by atoms with Crippen molar-refractivity contribution in [1.82, 2.24) is 20.9 Å². The van der Waals surface area contributed by atoms with Gasteiger partial charge in [0, 0.05) is 26.6 Å². The van der Waals surface area contributed by atoms with E-state index in [0.29, 0.717) is 43.8 Å². The third kappa shape index (κ3) is 7.62. The highest BCUT2D eigenvalue weighted by Crippen LogP contribution is 2.27. The van der Waals surface area contributed by atoms with Crippen LogP contribution in [0, 0.1) is 19.8 Å². The summed E-state index contributed by atoms with van der Waals surface area (Å²) in [5.41, 5.74) is 0.903. The molecule has 1 aromatic rings. The molecule has 1 aromatic heterocycles. The van der Waals surface area contributed by atoms with Gasteiger partial charge in [0.15, 0.2) is 5.96 Å². The van der Waals surface area contributed by atoms with Gasteiger partial charge in [0.2, 0.25) is 11.8 Å². The summed E-state index contributed by atoms with van der Waals surface area (Å²) < 4.78 is 5.52. The zero-order valence-corrected chi connectivity index (χ0v) is 17.7. The van der Waals surface area contributed by atoms with Crippen LogP contribution >= 0.6 is 24.0 Å². The van der Waals surface area contributed by atoms with Gasteiger partial charge in [-0.25, -0.2) is 4.98 Å². The van der Waals surface area contributed by atoms with Crippen molar-refractivity contribution >= 4 is 35.8 Å². The van der Waals surface area contributed by atoms with E-state index >= 15 is 0 Å². The molecule has 1 fully saturated rings. The number of hydrogen-bond acceptors (Lipinski definition) is 4. The van der Waals surface area contributed by atoms with Crippen LogP contribution in [0.15, 0.2) is 9.41 Å². The number of nitrogens with zero attached hydrogens (tertiary/aromatic N) is 2. The normalized spacial score (nSPS) is 14.9. The first-order valence-electron chi connectivity index (χ1n) is 8.72. The second-order valence-electron chi connectivity index (χ2n) is 6.31. The van der Waals surface area contributed by atoms with Crippen LogP contribution in [0.5, 0.6) is 0 Å². The topological polar surface area (TPSA) is 91.5 Å². The highest BCUT2D eigenvalue weighted by atomic mass is 127. The summed E-state index contributed by atoms with van der Waals surface area (Å²) in [5, 5.41) is 9.27. The van der Waals surface area contributed by atoms with Gasteiger partial charge in [-0.1, -0.05) is 12.8 Å². The molecule has 1 amide bonds. The molecule has 8 heteroatoms. The molecule has 3 N–H and O–H groups in total. The molecular weight excluding hydrogens is 433 g/mol. The van der Waals surface area contributed by atoms with E-state index < -0.39 is 0 Å². The summed E-state index contributed by atoms with van der Waals surface area (Å²) in [4.78, 5) is 20.3. The molecule has 1 aliphatic carbocycles. The average Bonchev–Trinajstić information content (AvgIpc) is 3.17. The van der Waals surface area contributed by atoms with E-state index in [-0.39, 0.29) is 29.9 Å². The maximum absolute atomic E-state index is 11.9. The van der Waals surface area contributed by atoms with Gasteiger partial charge >= 0.3 is 0 Å². The van der Waals surface area contributed by atoms with Gasteiger partial charge < -0.3 is 20.4 Å². The first-order valence-corrected chi connectivity index (χ1v) is 8.72. The molecule has 2 rings (SSSR count). The van der Waals surface area contributed by atoms with Gasteiger partial charge in [0.25, 0.3) is 0 Å². The van der Waals surface area contributed by atoms with Gasteiger partial charge in [-0.3, -0.25) is 9.79 Å². The van der Waals surface area contributed by atoms with Crippen molar-refractivity contribution in [3.63, 3.8) is 0 Å². The minimum Gasteiger partial charge on any atom is -0.444 e. The number of aromatic nitrogens is 1. The minimum absolute atomic E-state index is 0. The second-order valence-corrected chi connectivity index (χ2v) is 6.31. The van der Waals surface area contributed by atoms with Crippen LogP contribution in [0.1, 0.15) is 49.4 Å². The number of oxazole rings is 1. The van der Waals surface area contributed by atoms with Crippen molar-refractivity contribution in [1.29, 1.82) is 0 Å². The van der Waals surface area contributed by atoms with Crippen LogP contribution in [0.2, 0.25) is 0 Å². The molecule has 1 heterocycles. The Hall–Kier alpha value is -1.32. The molecule has 0 aliphatic heterocycles. The molecule has 0 bridgehead atoms. The lowest BCUT2D eigenvalue weighted by Crippen LogP contribution is -2.41. The number of aryl methyl sites for hydroxylation is 2. The van der Waals surface area contributed by atoms with Gasteiger partial charge in [0.1, 0.15) is 5.76 Å². The molecule has 0 radical (unpaired) electrons. The van der Waals surface area contributed by atoms with E-state index in [1.54, 1.807) is 7.05 Å². The van der Waals surface area contributed by atoms with Gasteiger partial charge in [-0.05, 0) is 32.6 Å². The number of aliphatic imine (C=N–C) groups is 1. The van der Waals surface area contributed by atoms with Gasteiger partial charge in [0.05, 0.1) is 12.2 Å². The predicted molar refractivity (Wildman–Crippen MR) is 109 cm³/mol. The lowest BCUT2D eigenvalue weighted by atomic mass is 10.0. The SMILES string of the molecule is CN=C(NCCNC(=O)CC1CCCC1)NCc1nc(C)c(C)o1.I. The standard InChI is InChI=1S/C17H29N5O2.HI/c1-12-13(2)24-16(22-12)11-21-17(18-3)20-9-8-19-15(23)10-14-6-4-5-7-14;/h14H,4-11H2,1-3H3,(H,19,23)(H2,18,20,21);1H. The summed E-state index contributed by atoms with van der Waals surface area (Å²) in [6, 6.07) is 0. The van der Waals surface area contributed by atoms with Crippen molar-refractivity contribution in [3.8, 4) is 0 Å². The maximum Gasteiger partial charge on any atom is 0.220 e. The Kier molecular flexibility index (Phi) is 9.84. The third-order valence-electron chi connectivity index (χ3n) is 4.39. The van der Waals surface area contributed by atoms with Crippen molar-refractivity contribution < 1.29 is 9.21 Å². The number of nitrogens with one attached hydrogen (secondary N) is 3. The van der Waals surface area contributed by atoms with Crippen molar-refractivity contribution in [2.45, 2.75) is 52.5 Å². The summed E-state index contributed by atoms with van der Waals surface area (Å²) in [5.74, 6) is 2.86. The number of rotatable bonds is 7. The number of amides is 1. The molecule has 142 valence electrons. The molecule has 0 aromatic carbocycles. The van der Waals surface area contributed by atoms with Gasteiger partial charge in [-0.2, -0.15) is 0 Å². The molecule has 0 saturated heterocycles. The first-order chi connectivity index (χ1) is 11.6. The largest absolute Gasteiger partial charge is 0.444 e. The molecule has 0 spiro atoms. The number of carbonyl (C=O) groups excluding carboxylic acids is 1. The van der Waals surface area contributed by atoms with Crippen molar-refractivity contribution in [3.05, 3.63) is 17.3 Å². The Morgan fingerprint density at radius 3 is 2.48 bits per heavy atom. The summed E-state index contributed by atoms with van der Waals surface area (Å²) in [6.45, 7) is 5.50. The Labute approximate surface area is 166 Å². The fraction of sp³-hybridized carbons (Fsp3) is 0.706. The second kappa shape index (κ2) is 11.3. The fourth-order valence-electron chi connectivity index (χ4n) is 2.93. The van der Waals surface area contributed by atoms with Crippen LogP contribution in [-0.4, -0.2) is 37.0 Å². The molecule has 1 saturated carbocycles. The molecule has 7 nitrogen and oxygen atoms in total. The molecule has 1 aliphatic rings. The monoisotopic (exact) mass is 463 g/mol. The van der Waals surface area contributed by atoms with Crippen LogP contribution < -0.4 is 16.0 Å². The van der Waals surface area contributed by atoms with Crippen LogP contribution in [0.3, 0.4) is 0 Å². The Morgan fingerprint density at radius 1 is 1.20 bits per heavy atom. The maximum atomic E-state index is 11.9. The van der Waals surface area contributed by atoms with Gasteiger partial charge in [-0.15, -0.1) is 24.0 Å². The molecule has 0 atom stereocenters. The lowest BCUT2D eigenvalue weighted by molar-refractivity contribution is -0.121. The zero-order chi connectivity index (χ0) is 17.4. The fourth-order valence-corrected chi connectivity index (χ4v) is 2.93. The van der Waals surface area contributed by atoms with E-state index in [0.717, 1.165) is 11.5 Å². The smallest absolute Gasteiger partial charge is 0.220 e. The van der Waals surface area contributed by atoms with Crippen LogP contribution in [-0.2, 0) is 11.3 Å². The number of halogens is 1. The molecule has 25 heavy (non-hydrogen) atoms. The number of carbonyl (C=O) groups is 1. The van der Waals surface area contributed by atoms with Crippen molar-refractivity contribution in [2.75, 3.05) is 20.1 Å². The predicted octanol–water partition coefficient (Wildman–Crippen LogP) is 2.27. The Bertz CT molecular complexity index is 548. The average molecular weight is 463 g/mol. The quantitative estimate of drug-likeness (QED) is 0.250. The third-order valence-corrected chi connectivity index (χ3v) is 4.39. The van der Waals surface area contributed by atoms with Crippen molar-refractivity contribution in [2.24, 2.45) is 10.9 Å². The van der Waals surface area contributed by atoms with Crippen LogP contribution in [0.25, 0.3) is 0 Å². The summed E-state index contributed by atoms with van der Waals surface area (Å²) >= 11 is 0. The molecular formula is C17H30IN5O2. The highest BCUT2D eigenvalue weighted by molar-refractivity contribution is 14.0. The summed E-state index contributed by atoms with van der Waals surface area (Å²) in [6.07, 6.45) is 5.59. The zero-order valence-electron chi connectivity index (χ0n) is 15.4.